The normalized spacial score (nSPS) is 19.9. The molecule has 0 bridgehead atoms. The lowest BCUT2D eigenvalue weighted by Crippen LogP contribution is -2.38. The molecule has 2 unspecified atom stereocenters. The Morgan fingerprint density at radius 2 is 1.81 bits per heavy atom. The molecule has 1 heterocycles. The third-order valence-corrected chi connectivity index (χ3v) is 4.99. The summed E-state index contributed by atoms with van der Waals surface area (Å²) in [6, 6.07) is 9.96. The molecule has 2 aromatic rings. The smallest absolute Gasteiger partial charge is 0.326 e. The molecule has 1 aliphatic heterocycles. The van der Waals surface area contributed by atoms with Gasteiger partial charge in [0.25, 0.3) is 5.91 Å². The Labute approximate surface area is 182 Å². The van der Waals surface area contributed by atoms with Gasteiger partial charge in [0.05, 0.1) is 18.2 Å². The zero-order chi connectivity index (χ0) is 23.5. The number of alkyl halides is 3. The summed E-state index contributed by atoms with van der Waals surface area (Å²) in [6.45, 7) is 9.88. The van der Waals surface area contributed by atoms with E-state index in [1.54, 1.807) is 19.1 Å². The molecule has 0 aliphatic carbocycles. The van der Waals surface area contributed by atoms with Gasteiger partial charge in [-0.2, -0.15) is 23.4 Å². The Hall–Kier alpha value is -3.74. The SMILES string of the molecule is [C-]#[N+]c1ccc(NC(=O)C2(C)CC(Cc3ccc(NC(C)=O)cc3)N=N2)cc1C(F)(F)F. The van der Waals surface area contributed by atoms with Crippen LogP contribution in [0.1, 0.15) is 31.4 Å². The van der Waals surface area contributed by atoms with Crippen molar-refractivity contribution < 1.29 is 22.8 Å². The molecular weight excluding hydrogens is 423 g/mol. The van der Waals surface area contributed by atoms with Crippen LogP contribution in [0.15, 0.2) is 52.7 Å². The lowest BCUT2D eigenvalue weighted by atomic mass is 9.91. The summed E-state index contributed by atoms with van der Waals surface area (Å²) < 4.78 is 39.5. The summed E-state index contributed by atoms with van der Waals surface area (Å²) in [5, 5.41) is 13.4. The van der Waals surface area contributed by atoms with Crippen LogP contribution < -0.4 is 10.6 Å². The highest BCUT2D eigenvalue weighted by Gasteiger charge is 2.41. The Balaban J connectivity index is 1.66. The first-order valence-electron chi connectivity index (χ1n) is 9.69. The maximum atomic E-state index is 13.2. The molecule has 2 atom stereocenters. The Kier molecular flexibility index (Phi) is 6.30. The molecule has 0 fully saturated rings. The fourth-order valence-corrected chi connectivity index (χ4v) is 3.40. The van der Waals surface area contributed by atoms with E-state index in [2.05, 4.69) is 25.7 Å². The third-order valence-electron chi connectivity index (χ3n) is 4.99. The van der Waals surface area contributed by atoms with Gasteiger partial charge >= 0.3 is 6.18 Å². The number of hydrogen-bond donors (Lipinski definition) is 2. The van der Waals surface area contributed by atoms with Crippen LogP contribution in [0.2, 0.25) is 0 Å². The van der Waals surface area contributed by atoms with Gasteiger partial charge in [0, 0.05) is 24.7 Å². The fourth-order valence-electron chi connectivity index (χ4n) is 3.40. The van der Waals surface area contributed by atoms with E-state index >= 15 is 0 Å². The molecule has 10 heteroatoms. The lowest BCUT2D eigenvalue weighted by Gasteiger charge is -2.20. The van der Waals surface area contributed by atoms with Crippen LogP contribution in [0.5, 0.6) is 0 Å². The number of azo groups is 1. The highest BCUT2D eigenvalue weighted by atomic mass is 19.4. The van der Waals surface area contributed by atoms with Crippen molar-refractivity contribution in [2.24, 2.45) is 10.2 Å². The zero-order valence-electron chi connectivity index (χ0n) is 17.3. The van der Waals surface area contributed by atoms with Crippen molar-refractivity contribution in [2.45, 2.75) is 44.4 Å². The maximum absolute atomic E-state index is 13.2. The summed E-state index contributed by atoms with van der Waals surface area (Å²) in [5.41, 5.74) is -1.32. The molecule has 166 valence electrons. The summed E-state index contributed by atoms with van der Waals surface area (Å²) in [5.74, 6) is -0.747. The van der Waals surface area contributed by atoms with Crippen molar-refractivity contribution in [3.63, 3.8) is 0 Å². The number of amides is 2. The second-order valence-corrected chi connectivity index (χ2v) is 7.73. The van der Waals surface area contributed by atoms with Crippen molar-refractivity contribution in [3.8, 4) is 0 Å². The van der Waals surface area contributed by atoms with Crippen molar-refractivity contribution >= 4 is 28.9 Å². The summed E-state index contributed by atoms with van der Waals surface area (Å²) in [6.07, 6.45) is -3.90. The second-order valence-electron chi connectivity index (χ2n) is 7.73. The molecule has 32 heavy (non-hydrogen) atoms. The van der Waals surface area contributed by atoms with Gasteiger partial charge in [-0.05, 0) is 43.2 Å². The highest BCUT2D eigenvalue weighted by Crippen LogP contribution is 2.38. The molecule has 1 aliphatic rings. The van der Waals surface area contributed by atoms with Gasteiger partial charge in [0.15, 0.2) is 11.2 Å². The number of nitrogens with zero attached hydrogens (tertiary/aromatic N) is 3. The minimum absolute atomic E-state index is 0.0665. The first-order valence-corrected chi connectivity index (χ1v) is 9.69. The number of hydrogen-bond acceptors (Lipinski definition) is 4. The van der Waals surface area contributed by atoms with Crippen LogP contribution in [0.25, 0.3) is 4.85 Å². The van der Waals surface area contributed by atoms with Gasteiger partial charge in [0.1, 0.15) is 0 Å². The van der Waals surface area contributed by atoms with Gasteiger partial charge in [-0.3, -0.25) is 9.59 Å². The van der Waals surface area contributed by atoms with Gasteiger partial charge in [-0.25, -0.2) is 4.85 Å². The lowest BCUT2D eigenvalue weighted by molar-refractivity contribution is -0.136. The minimum atomic E-state index is -4.71. The van der Waals surface area contributed by atoms with Crippen LogP contribution in [-0.2, 0) is 22.2 Å². The summed E-state index contributed by atoms with van der Waals surface area (Å²) in [4.78, 5) is 26.7. The van der Waals surface area contributed by atoms with Crippen molar-refractivity contribution in [1.29, 1.82) is 0 Å². The minimum Gasteiger partial charge on any atom is -0.326 e. The van der Waals surface area contributed by atoms with Gasteiger partial charge in [-0.15, -0.1) is 0 Å². The molecule has 0 aromatic heterocycles. The van der Waals surface area contributed by atoms with Crippen LogP contribution in [0.3, 0.4) is 0 Å². The van der Waals surface area contributed by atoms with Gasteiger partial charge in [-0.1, -0.05) is 18.2 Å². The molecule has 0 radical (unpaired) electrons. The van der Waals surface area contributed by atoms with Gasteiger partial charge in [0.2, 0.25) is 5.91 Å². The third kappa shape index (κ3) is 5.29. The first kappa shape index (κ1) is 22.9. The molecule has 7 nitrogen and oxygen atoms in total. The van der Waals surface area contributed by atoms with Crippen molar-refractivity contribution in [3.05, 3.63) is 65.0 Å². The fraction of sp³-hybridized carbons (Fsp3) is 0.318. The number of rotatable bonds is 5. The first-order chi connectivity index (χ1) is 15.0. The Bertz CT molecular complexity index is 1110. The van der Waals surface area contributed by atoms with E-state index < -0.39 is 28.9 Å². The topological polar surface area (TPSA) is 87.3 Å². The number of carbonyl (C=O) groups excluding carboxylic acids is 2. The van der Waals surface area contributed by atoms with E-state index in [9.17, 15) is 22.8 Å². The summed E-state index contributed by atoms with van der Waals surface area (Å²) in [7, 11) is 0. The predicted octanol–water partition coefficient (Wildman–Crippen LogP) is 5.38. The van der Waals surface area contributed by atoms with E-state index in [1.165, 1.54) is 13.0 Å². The molecule has 0 saturated carbocycles. The zero-order valence-corrected chi connectivity index (χ0v) is 17.3. The van der Waals surface area contributed by atoms with Crippen molar-refractivity contribution in [2.75, 3.05) is 10.6 Å². The molecule has 3 rings (SSSR count). The maximum Gasteiger partial charge on any atom is 0.407 e. The van der Waals surface area contributed by atoms with E-state index in [1.807, 2.05) is 12.1 Å². The molecule has 0 saturated heterocycles. The Morgan fingerprint density at radius 3 is 2.41 bits per heavy atom. The average Bonchev–Trinajstić information content (AvgIpc) is 3.10. The van der Waals surface area contributed by atoms with Crippen LogP contribution in [0.4, 0.5) is 30.2 Å². The predicted molar refractivity (Wildman–Crippen MR) is 112 cm³/mol. The number of halogens is 3. The number of carbonyl (C=O) groups is 2. The second kappa shape index (κ2) is 8.78. The van der Waals surface area contributed by atoms with Crippen LogP contribution in [-0.4, -0.2) is 23.4 Å². The molecule has 2 N–H and O–H groups in total. The molecular formula is C22H20F3N5O2. The Morgan fingerprint density at radius 1 is 1.16 bits per heavy atom. The number of benzene rings is 2. The number of anilines is 2. The van der Waals surface area contributed by atoms with Crippen LogP contribution >= 0.6 is 0 Å². The van der Waals surface area contributed by atoms with E-state index in [0.717, 1.165) is 17.7 Å². The monoisotopic (exact) mass is 443 g/mol. The largest absolute Gasteiger partial charge is 0.407 e. The number of nitrogens with one attached hydrogen (secondary N) is 2. The molecule has 0 spiro atoms. The highest BCUT2D eigenvalue weighted by molar-refractivity contribution is 5.98. The summed E-state index contributed by atoms with van der Waals surface area (Å²) >= 11 is 0. The molecule has 2 aromatic carbocycles. The van der Waals surface area contributed by atoms with Crippen molar-refractivity contribution in [1.82, 2.24) is 0 Å². The average molecular weight is 443 g/mol. The van der Waals surface area contributed by atoms with Crippen LogP contribution in [0, 0.1) is 6.57 Å². The van der Waals surface area contributed by atoms with Gasteiger partial charge < -0.3 is 10.6 Å². The quantitative estimate of drug-likeness (QED) is 0.608. The van der Waals surface area contributed by atoms with E-state index in [-0.39, 0.29) is 17.6 Å². The van der Waals surface area contributed by atoms with E-state index in [0.29, 0.717) is 18.5 Å². The molecule has 2 amide bonds. The van der Waals surface area contributed by atoms with E-state index in [4.69, 9.17) is 6.57 Å². The standard InChI is InChI=1S/C22H20F3N5O2/c1-13(31)27-15-6-4-14(5-7-15)10-17-12-21(2,30-29-17)20(32)28-16-8-9-19(26-3)18(11-16)22(23,24)25/h4-9,11,17H,10,12H2,1-2H3,(H,27,31)(H,28,32).